The van der Waals surface area contributed by atoms with Crippen LogP contribution in [0, 0.1) is 0 Å². The number of para-hydroxylation sites is 1. The molecule has 0 fully saturated rings. The minimum atomic E-state index is 0.420. The first-order chi connectivity index (χ1) is 12.7. The molecule has 1 N–H and O–H groups in total. The van der Waals surface area contributed by atoms with Gasteiger partial charge in [0.1, 0.15) is 0 Å². The second-order valence-electron chi connectivity index (χ2n) is 6.16. The van der Waals surface area contributed by atoms with Crippen LogP contribution >= 0.6 is 11.6 Å². The number of benzene rings is 2. The molecule has 3 rings (SSSR count). The highest BCUT2D eigenvalue weighted by atomic mass is 35.5. The van der Waals surface area contributed by atoms with E-state index in [0.29, 0.717) is 5.92 Å². The standard InChI is InChI=1S/C21H23ClN2.C2H6/c1-3-16-7-4-10-18(22)20(16)15(2)12-14-23-19-11-5-8-17-9-6-13-24-21(17)19;1-2/h4-11,13,15,23H,3,12,14H2,1-2H3;1-2H3. The lowest BCUT2D eigenvalue weighted by Gasteiger charge is -2.18. The van der Waals surface area contributed by atoms with Crippen LogP contribution in [0.3, 0.4) is 0 Å². The summed E-state index contributed by atoms with van der Waals surface area (Å²) in [6.07, 6.45) is 3.88. The van der Waals surface area contributed by atoms with Gasteiger partial charge in [0.15, 0.2) is 0 Å². The van der Waals surface area contributed by atoms with Crippen molar-refractivity contribution in [2.24, 2.45) is 0 Å². The van der Waals surface area contributed by atoms with Crippen molar-refractivity contribution in [2.75, 3.05) is 11.9 Å². The van der Waals surface area contributed by atoms with Crippen molar-refractivity contribution < 1.29 is 0 Å². The molecule has 0 amide bonds. The molecule has 0 aliphatic heterocycles. The van der Waals surface area contributed by atoms with Gasteiger partial charge in [0, 0.05) is 23.2 Å². The van der Waals surface area contributed by atoms with Gasteiger partial charge in [-0.15, -0.1) is 0 Å². The Morgan fingerprint density at radius 2 is 1.77 bits per heavy atom. The first-order valence-corrected chi connectivity index (χ1v) is 9.93. The van der Waals surface area contributed by atoms with Crippen molar-refractivity contribution in [1.82, 2.24) is 4.98 Å². The minimum absolute atomic E-state index is 0.420. The van der Waals surface area contributed by atoms with E-state index < -0.39 is 0 Å². The first-order valence-electron chi connectivity index (χ1n) is 9.55. The van der Waals surface area contributed by atoms with Crippen LogP contribution in [-0.4, -0.2) is 11.5 Å². The molecule has 0 spiro atoms. The summed E-state index contributed by atoms with van der Waals surface area (Å²) in [5, 5.41) is 5.58. The van der Waals surface area contributed by atoms with Gasteiger partial charge in [-0.1, -0.05) is 69.6 Å². The average Bonchev–Trinajstić information content (AvgIpc) is 2.69. The van der Waals surface area contributed by atoms with Gasteiger partial charge in [0.25, 0.3) is 0 Å². The molecule has 138 valence electrons. The number of rotatable bonds is 6. The Labute approximate surface area is 162 Å². The molecule has 0 saturated heterocycles. The fourth-order valence-corrected chi connectivity index (χ4v) is 3.64. The molecule has 3 aromatic rings. The summed E-state index contributed by atoms with van der Waals surface area (Å²) in [5.41, 5.74) is 4.76. The maximum atomic E-state index is 6.45. The Bertz CT molecular complexity index is 824. The van der Waals surface area contributed by atoms with Gasteiger partial charge in [0.05, 0.1) is 11.2 Å². The number of fused-ring (bicyclic) bond motifs is 1. The van der Waals surface area contributed by atoms with Crippen LogP contribution in [0.1, 0.15) is 51.2 Å². The maximum Gasteiger partial charge on any atom is 0.0933 e. The first kappa shape index (κ1) is 20.3. The largest absolute Gasteiger partial charge is 0.383 e. The normalized spacial score (nSPS) is 11.6. The van der Waals surface area contributed by atoms with Crippen molar-refractivity contribution in [3.63, 3.8) is 0 Å². The molecule has 0 bridgehead atoms. The van der Waals surface area contributed by atoms with Gasteiger partial charge >= 0.3 is 0 Å². The van der Waals surface area contributed by atoms with Crippen molar-refractivity contribution >= 4 is 28.2 Å². The monoisotopic (exact) mass is 368 g/mol. The van der Waals surface area contributed by atoms with Crippen LogP contribution in [0.15, 0.2) is 54.7 Å². The third-order valence-corrected chi connectivity index (χ3v) is 4.87. The van der Waals surface area contributed by atoms with Crippen molar-refractivity contribution in [1.29, 1.82) is 0 Å². The van der Waals surface area contributed by atoms with Gasteiger partial charge in [-0.2, -0.15) is 0 Å². The van der Waals surface area contributed by atoms with Crippen LogP contribution < -0.4 is 5.32 Å². The SMILES string of the molecule is CC.CCc1cccc(Cl)c1C(C)CCNc1cccc2cccnc12. The quantitative estimate of drug-likeness (QED) is 0.502. The van der Waals surface area contributed by atoms with E-state index in [0.717, 1.165) is 41.0 Å². The smallest absolute Gasteiger partial charge is 0.0933 e. The summed E-state index contributed by atoms with van der Waals surface area (Å²) in [5.74, 6) is 0.420. The van der Waals surface area contributed by atoms with E-state index >= 15 is 0 Å². The summed E-state index contributed by atoms with van der Waals surface area (Å²) in [7, 11) is 0. The lowest BCUT2D eigenvalue weighted by Crippen LogP contribution is -2.08. The molecule has 0 aliphatic rings. The number of hydrogen-bond donors (Lipinski definition) is 1. The molecule has 1 heterocycles. The van der Waals surface area contributed by atoms with Gasteiger partial charge in [0.2, 0.25) is 0 Å². The number of anilines is 1. The fourth-order valence-electron chi connectivity index (χ4n) is 3.26. The van der Waals surface area contributed by atoms with Crippen molar-refractivity contribution in [3.05, 3.63) is 70.9 Å². The number of pyridine rings is 1. The third-order valence-electron chi connectivity index (χ3n) is 4.54. The molecular weight excluding hydrogens is 340 g/mol. The average molecular weight is 369 g/mol. The van der Waals surface area contributed by atoms with Gasteiger partial charge < -0.3 is 5.32 Å². The summed E-state index contributed by atoms with van der Waals surface area (Å²) in [6.45, 7) is 9.33. The summed E-state index contributed by atoms with van der Waals surface area (Å²) >= 11 is 6.45. The van der Waals surface area contributed by atoms with Crippen LogP contribution in [0.25, 0.3) is 10.9 Å². The summed E-state index contributed by atoms with van der Waals surface area (Å²) in [6, 6.07) is 16.5. The molecule has 2 aromatic carbocycles. The molecule has 26 heavy (non-hydrogen) atoms. The van der Waals surface area contributed by atoms with Crippen molar-refractivity contribution in [2.45, 2.75) is 46.5 Å². The highest BCUT2D eigenvalue weighted by Gasteiger charge is 2.13. The topological polar surface area (TPSA) is 24.9 Å². The van der Waals surface area contributed by atoms with Gasteiger partial charge in [-0.05, 0) is 48.1 Å². The third kappa shape index (κ3) is 4.76. The van der Waals surface area contributed by atoms with Crippen LogP contribution in [0.2, 0.25) is 5.02 Å². The molecule has 1 atom stereocenters. The van der Waals surface area contributed by atoms with E-state index in [9.17, 15) is 0 Å². The van der Waals surface area contributed by atoms with Crippen LogP contribution in [0.4, 0.5) is 5.69 Å². The van der Waals surface area contributed by atoms with Crippen LogP contribution in [-0.2, 0) is 6.42 Å². The van der Waals surface area contributed by atoms with E-state index in [4.69, 9.17) is 11.6 Å². The summed E-state index contributed by atoms with van der Waals surface area (Å²) < 4.78 is 0. The van der Waals surface area contributed by atoms with Crippen LogP contribution in [0.5, 0.6) is 0 Å². The zero-order chi connectivity index (χ0) is 18.9. The lowest BCUT2D eigenvalue weighted by molar-refractivity contribution is 0.698. The lowest BCUT2D eigenvalue weighted by atomic mass is 9.92. The molecule has 0 saturated carbocycles. The molecule has 0 aliphatic carbocycles. The van der Waals surface area contributed by atoms with Gasteiger partial charge in [-0.25, -0.2) is 0 Å². The van der Waals surface area contributed by atoms with E-state index in [1.54, 1.807) is 0 Å². The maximum absolute atomic E-state index is 6.45. The molecular formula is C23H29ClN2. The Kier molecular flexibility index (Phi) is 7.93. The Morgan fingerprint density at radius 1 is 1.04 bits per heavy atom. The number of halogens is 1. The highest BCUT2D eigenvalue weighted by molar-refractivity contribution is 6.31. The Morgan fingerprint density at radius 3 is 2.54 bits per heavy atom. The van der Waals surface area contributed by atoms with E-state index in [1.807, 2.05) is 38.2 Å². The van der Waals surface area contributed by atoms with E-state index in [2.05, 4.69) is 54.5 Å². The predicted molar refractivity (Wildman–Crippen MR) is 115 cm³/mol. The number of aromatic nitrogens is 1. The minimum Gasteiger partial charge on any atom is -0.383 e. The predicted octanol–water partition coefficient (Wildman–Crippen LogP) is 7.08. The zero-order valence-corrected chi connectivity index (χ0v) is 17.0. The molecule has 3 heteroatoms. The fraction of sp³-hybridized carbons (Fsp3) is 0.348. The second kappa shape index (κ2) is 10.2. The Balaban J connectivity index is 0.00000117. The zero-order valence-electron chi connectivity index (χ0n) is 16.2. The summed E-state index contributed by atoms with van der Waals surface area (Å²) in [4.78, 5) is 4.49. The number of nitrogens with zero attached hydrogens (tertiary/aromatic N) is 1. The molecule has 1 unspecified atom stereocenters. The second-order valence-corrected chi connectivity index (χ2v) is 6.57. The van der Waals surface area contributed by atoms with E-state index in [1.165, 1.54) is 11.1 Å². The number of nitrogens with one attached hydrogen (secondary N) is 1. The number of hydrogen-bond acceptors (Lipinski definition) is 2. The van der Waals surface area contributed by atoms with E-state index in [-0.39, 0.29) is 0 Å². The molecule has 0 radical (unpaired) electrons. The van der Waals surface area contributed by atoms with Crippen molar-refractivity contribution in [3.8, 4) is 0 Å². The molecule has 1 aromatic heterocycles. The highest BCUT2D eigenvalue weighted by Crippen LogP contribution is 2.31. The number of aryl methyl sites for hydroxylation is 1. The van der Waals surface area contributed by atoms with Gasteiger partial charge in [-0.3, -0.25) is 4.98 Å². The molecule has 2 nitrogen and oxygen atoms in total. The Hall–Kier alpha value is -2.06.